The highest BCUT2D eigenvalue weighted by Gasteiger charge is 2.31. The summed E-state index contributed by atoms with van der Waals surface area (Å²) in [5.41, 5.74) is 1.37. The van der Waals surface area contributed by atoms with Gasteiger partial charge in [-0.3, -0.25) is 0 Å². The minimum atomic E-state index is -0.397. The Balaban J connectivity index is 2.30. The van der Waals surface area contributed by atoms with Crippen molar-refractivity contribution >= 4 is 45.8 Å². The zero-order valence-corrected chi connectivity index (χ0v) is 16.2. The molecule has 0 saturated heterocycles. The van der Waals surface area contributed by atoms with Crippen LogP contribution in [0.5, 0.6) is 0 Å². The molecule has 0 aliphatic carbocycles. The SMILES string of the molecule is CCOC(=O)c1c(NC(=S)OCC)sc2c1CCN(C(=O)OCC)C2. The van der Waals surface area contributed by atoms with Crippen LogP contribution in [0.15, 0.2) is 0 Å². The summed E-state index contributed by atoms with van der Waals surface area (Å²) in [6, 6.07) is 0. The van der Waals surface area contributed by atoms with Gasteiger partial charge in [-0.2, -0.15) is 0 Å². The lowest BCUT2D eigenvalue weighted by molar-refractivity contribution is 0.0526. The van der Waals surface area contributed by atoms with Gasteiger partial charge in [0.1, 0.15) is 5.00 Å². The van der Waals surface area contributed by atoms with E-state index in [4.69, 9.17) is 26.4 Å². The van der Waals surface area contributed by atoms with Crippen molar-refractivity contribution in [1.29, 1.82) is 0 Å². The summed E-state index contributed by atoms with van der Waals surface area (Å²) >= 11 is 6.50. The van der Waals surface area contributed by atoms with Crippen molar-refractivity contribution in [3.05, 3.63) is 16.0 Å². The molecule has 1 aliphatic rings. The number of rotatable bonds is 5. The number of nitrogens with one attached hydrogen (secondary N) is 1. The number of ether oxygens (including phenoxy) is 3. The van der Waals surface area contributed by atoms with Crippen molar-refractivity contribution in [3.8, 4) is 0 Å². The number of anilines is 1. The van der Waals surface area contributed by atoms with E-state index in [1.54, 1.807) is 18.7 Å². The number of carbonyl (C=O) groups is 2. The van der Waals surface area contributed by atoms with Crippen LogP contribution in [0.4, 0.5) is 9.80 Å². The summed E-state index contributed by atoms with van der Waals surface area (Å²) < 4.78 is 15.5. The van der Waals surface area contributed by atoms with Gasteiger partial charge in [-0.1, -0.05) is 0 Å². The second kappa shape index (κ2) is 9.00. The zero-order valence-electron chi connectivity index (χ0n) is 14.5. The maximum atomic E-state index is 12.4. The number of esters is 1. The molecular weight excluding hydrogens is 364 g/mol. The molecule has 1 aromatic rings. The molecule has 0 aromatic carbocycles. The molecule has 0 atom stereocenters. The fourth-order valence-electron chi connectivity index (χ4n) is 2.54. The highest BCUT2D eigenvalue weighted by atomic mass is 32.1. The van der Waals surface area contributed by atoms with E-state index < -0.39 is 5.97 Å². The smallest absolute Gasteiger partial charge is 0.410 e. The Bertz CT molecular complexity index is 659. The summed E-state index contributed by atoms with van der Waals surface area (Å²) in [7, 11) is 0. The molecule has 138 valence electrons. The van der Waals surface area contributed by atoms with E-state index in [0.29, 0.717) is 43.3 Å². The molecule has 0 fully saturated rings. The number of carbonyl (C=O) groups excluding carboxylic acids is 2. The van der Waals surface area contributed by atoms with Crippen molar-refractivity contribution < 1.29 is 23.8 Å². The van der Waals surface area contributed by atoms with E-state index in [9.17, 15) is 9.59 Å². The molecule has 9 heteroatoms. The number of hydrogen-bond donors (Lipinski definition) is 1. The van der Waals surface area contributed by atoms with Crippen molar-refractivity contribution in [1.82, 2.24) is 4.90 Å². The zero-order chi connectivity index (χ0) is 18.4. The van der Waals surface area contributed by atoms with Crippen LogP contribution in [0.2, 0.25) is 0 Å². The minimum Gasteiger partial charge on any atom is -0.471 e. The lowest BCUT2D eigenvalue weighted by Crippen LogP contribution is -2.36. The predicted molar refractivity (Wildman–Crippen MR) is 99.3 cm³/mol. The highest BCUT2D eigenvalue weighted by molar-refractivity contribution is 7.80. The Labute approximate surface area is 156 Å². The van der Waals surface area contributed by atoms with Gasteiger partial charge in [-0.15, -0.1) is 11.3 Å². The first-order valence-electron chi connectivity index (χ1n) is 8.18. The normalized spacial score (nSPS) is 13.0. The van der Waals surface area contributed by atoms with Gasteiger partial charge >= 0.3 is 12.1 Å². The fraction of sp³-hybridized carbons (Fsp3) is 0.562. The molecule has 7 nitrogen and oxygen atoms in total. The van der Waals surface area contributed by atoms with Crippen molar-refractivity contribution in [2.45, 2.75) is 33.7 Å². The van der Waals surface area contributed by atoms with Gasteiger partial charge in [0.25, 0.3) is 5.17 Å². The summed E-state index contributed by atoms with van der Waals surface area (Å²) in [5.74, 6) is -0.397. The number of thiocarbonyl (C=S) groups is 1. The molecule has 0 radical (unpaired) electrons. The van der Waals surface area contributed by atoms with Gasteiger partial charge < -0.3 is 24.4 Å². The molecule has 1 aliphatic heterocycles. The molecular formula is C16H22N2O5S2. The lowest BCUT2D eigenvalue weighted by Gasteiger charge is -2.26. The molecule has 0 saturated carbocycles. The fourth-order valence-corrected chi connectivity index (χ4v) is 4.07. The summed E-state index contributed by atoms with van der Waals surface area (Å²) in [6.45, 7) is 7.30. The van der Waals surface area contributed by atoms with Gasteiger partial charge in [0.2, 0.25) is 0 Å². The van der Waals surface area contributed by atoms with E-state index in [1.807, 2.05) is 6.92 Å². The number of thiophene rings is 1. The minimum absolute atomic E-state index is 0.203. The topological polar surface area (TPSA) is 77.1 Å². The summed E-state index contributed by atoms with van der Waals surface area (Å²) in [6.07, 6.45) is 0.209. The summed E-state index contributed by atoms with van der Waals surface area (Å²) in [5, 5.41) is 3.76. The molecule has 2 heterocycles. The Morgan fingerprint density at radius 2 is 1.84 bits per heavy atom. The van der Waals surface area contributed by atoms with Crippen molar-refractivity contribution in [2.24, 2.45) is 0 Å². The van der Waals surface area contributed by atoms with Crippen LogP contribution in [0.25, 0.3) is 0 Å². The summed E-state index contributed by atoms with van der Waals surface area (Å²) in [4.78, 5) is 26.9. The monoisotopic (exact) mass is 386 g/mol. The first-order chi connectivity index (χ1) is 12.0. The average Bonchev–Trinajstić information content (AvgIpc) is 2.92. The van der Waals surface area contributed by atoms with Crippen LogP contribution >= 0.6 is 23.6 Å². The van der Waals surface area contributed by atoms with Crippen LogP contribution in [-0.2, 0) is 27.2 Å². The Kier molecular flexibility index (Phi) is 7.01. The molecule has 1 amide bonds. The molecule has 0 bridgehead atoms. The van der Waals surface area contributed by atoms with Crippen LogP contribution < -0.4 is 5.32 Å². The molecule has 1 N–H and O–H groups in total. The maximum absolute atomic E-state index is 12.4. The van der Waals surface area contributed by atoms with Gasteiger partial charge in [0, 0.05) is 11.4 Å². The number of hydrogen-bond acceptors (Lipinski definition) is 7. The number of nitrogens with zero attached hydrogens (tertiary/aromatic N) is 1. The average molecular weight is 386 g/mol. The third-order valence-electron chi connectivity index (χ3n) is 3.55. The van der Waals surface area contributed by atoms with E-state index in [-0.39, 0.29) is 17.9 Å². The van der Waals surface area contributed by atoms with Crippen LogP contribution in [0.3, 0.4) is 0 Å². The van der Waals surface area contributed by atoms with Crippen LogP contribution in [-0.4, -0.2) is 48.5 Å². The molecule has 1 aromatic heterocycles. The third-order valence-corrected chi connectivity index (χ3v) is 4.91. The Morgan fingerprint density at radius 1 is 1.16 bits per heavy atom. The first kappa shape index (κ1) is 19.5. The van der Waals surface area contributed by atoms with Gasteiger partial charge in [-0.05, 0) is 45.0 Å². The second-order valence-corrected chi connectivity index (χ2v) is 6.62. The van der Waals surface area contributed by atoms with E-state index >= 15 is 0 Å². The number of fused-ring (bicyclic) bond motifs is 1. The van der Waals surface area contributed by atoms with Gasteiger partial charge in [-0.25, -0.2) is 9.59 Å². The van der Waals surface area contributed by atoms with Crippen LogP contribution in [0, 0.1) is 0 Å². The lowest BCUT2D eigenvalue weighted by atomic mass is 10.0. The molecule has 25 heavy (non-hydrogen) atoms. The highest BCUT2D eigenvalue weighted by Crippen LogP contribution is 2.38. The van der Waals surface area contributed by atoms with E-state index in [0.717, 1.165) is 10.4 Å². The first-order valence-corrected chi connectivity index (χ1v) is 9.41. The van der Waals surface area contributed by atoms with Crippen molar-refractivity contribution in [3.63, 3.8) is 0 Å². The Morgan fingerprint density at radius 3 is 2.48 bits per heavy atom. The quantitative estimate of drug-likeness (QED) is 0.615. The van der Waals surface area contributed by atoms with Gasteiger partial charge in [0.05, 0.1) is 31.9 Å². The second-order valence-electron chi connectivity index (χ2n) is 5.14. The van der Waals surface area contributed by atoms with Crippen LogP contribution in [0.1, 0.15) is 41.6 Å². The number of amides is 1. The standard InChI is InChI=1S/C16H22N2O5S2/c1-4-21-14(19)12-10-7-8-18(16(20)23-6-3)9-11(10)25-13(12)17-15(24)22-5-2/h4-9H2,1-3H3,(H,17,24). The molecule has 0 unspecified atom stereocenters. The van der Waals surface area contributed by atoms with Crippen molar-refractivity contribution in [2.75, 3.05) is 31.7 Å². The molecule has 2 rings (SSSR count). The predicted octanol–water partition coefficient (Wildman–Crippen LogP) is 3.17. The molecule has 0 spiro atoms. The van der Waals surface area contributed by atoms with E-state index in [1.165, 1.54) is 11.3 Å². The van der Waals surface area contributed by atoms with Gasteiger partial charge in [0.15, 0.2) is 0 Å². The third kappa shape index (κ3) is 4.60. The van der Waals surface area contributed by atoms with E-state index in [2.05, 4.69) is 5.32 Å². The largest absolute Gasteiger partial charge is 0.471 e. The maximum Gasteiger partial charge on any atom is 0.410 e. The Hall–Kier alpha value is -1.87.